The van der Waals surface area contributed by atoms with Gasteiger partial charge in [-0.15, -0.1) is 0 Å². The van der Waals surface area contributed by atoms with E-state index in [1.54, 1.807) is 7.05 Å². The molecule has 0 spiro atoms. The van der Waals surface area contributed by atoms with Crippen LogP contribution >= 0.6 is 0 Å². The van der Waals surface area contributed by atoms with Crippen LogP contribution < -0.4 is 10.6 Å². The molecule has 2 aliphatic carbocycles. The number of hydrogen-bond donors (Lipinski definition) is 2. The normalized spacial score (nSPS) is 24.6. The number of fused-ring (bicyclic) bond motifs is 1. The number of aryl methyl sites for hydroxylation is 1. The molecule has 2 amide bonds. The number of nitrogens with zero attached hydrogens (tertiary/aromatic N) is 6. The van der Waals surface area contributed by atoms with Crippen molar-refractivity contribution < 1.29 is 40.3 Å². The van der Waals surface area contributed by atoms with Crippen molar-refractivity contribution in [3.8, 4) is 0 Å². The third-order valence-electron chi connectivity index (χ3n) is 9.79. The van der Waals surface area contributed by atoms with Gasteiger partial charge in [0, 0.05) is 63.7 Å². The fourth-order valence-electron chi connectivity index (χ4n) is 7.02. The Morgan fingerprint density at radius 1 is 1.06 bits per heavy atom. The topological polar surface area (TPSA) is 119 Å². The summed E-state index contributed by atoms with van der Waals surface area (Å²) in [5, 5.41) is 13.9. The fraction of sp³-hybridized carbons (Fsp3) is 0.667. The van der Waals surface area contributed by atoms with Crippen LogP contribution in [0.4, 0.5) is 30.7 Å². The van der Waals surface area contributed by atoms with Crippen molar-refractivity contribution in [3.63, 3.8) is 0 Å². The van der Waals surface area contributed by atoms with Crippen molar-refractivity contribution in [2.45, 2.75) is 94.2 Å². The maximum atomic E-state index is 14.1. The van der Waals surface area contributed by atoms with Gasteiger partial charge in [-0.3, -0.25) is 14.3 Å². The van der Waals surface area contributed by atoms with Gasteiger partial charge >= 0.3 is 6.18 Å². The number of alkyl halides is 7. The van der Waals surface area contributed by atoms with E-state index in [4.69, 9.17) is 0 Å². The molecule has 0 aromatic carbocycles. The predicted octanol–water partition coefficient (Wildman–Crippen LogP) is 5.30. The Balaban J connectivity index is 1.36. The van der Waals surface area contributed by atoms with E-state index in [0.29, 0.717) is 5.69 Å². The van der Waals surface area contributed by atoms with Crippen molar-refractivity contribution in [1.82, 2.24) is 40.0 Å². The van der Waals surface area contributed by atoms with E-state index in [-0.39, 0.29) is 67.8 Å². The Morgan fingerprint density at radius 2 is 1.72 bits per heavy atom. The molecule has 3 aromatic rings. The van der Waals surface area contributed by atoms with E-state index in [1.165, 1.54) is 27.7 Å². The molecule has 3 aromatic heterocycles. The molecule has 0 bridgehead atoms. The van der Waals surface area contributed by atoms with Gasteiger partial charge in [0.1, 0.15) is 5.69 Å². The smallest absolute Gasteiger partial charge is 0.355 e. The molecule has 1 saturated heterocycles. The van der Waals surface area contributed by atoms with E-state index in [1.807, 2.05) is 0 Å². The second-order valence-corrected chi connectivity index (χ2v) is 13.1. The highest BCUT2D eigenvalue weighted by atomic mass is 19.4. The molecule has 3 fully saturated rings. The van der Waals surface area contributed by atoms with Crippen LogP contribution in [-0.2, 0) is 18.3 Å². The number of nitrogens with one attached hydrogen (secondary N) is 2. The summed E-state index contributed by atoms with van der Waals surface area (Å²) in [6.45, 7) is -0.530. The second-order valence-electron chi connectivity index (χ2n) is 13.1. The van der Waals surface area contributed by atoms with E-state index in [2.05, 4.69) is 30.8 Å². The first kappa shape index (κ1) is 33.1. The molecular weight excluding hydrogens is 637 g/mol. The predicted molar refractivity (Wildman–Crippen MR) is 152 cm³/mol. The summed E-state index contributed by atoms with van der Waals surface area (Å²) in [4.78, 5) is 35.2. The van der Waals surface area contributed by atoms with Crippen LogP contribution in [0.25, 0.3) is 5.78 Å². The molecule has 1 aliphatic heterocycles. The molecule has 6 rings (SSSR count). The third kappa shape index (κ3) is 7.22. The van der Waals surface area contributed by atoms with Crippen molar-refractivity contribution in [2.75, 3.05) is 6.54 Å². The van der Waals surface area contributed by atoms with Gasteiger partial charge in [-0.25, -0.2) is 32.0 Å². The van der Waals surface area contributed by atoms with Crippen molar-refractivity contribution >= 4 is 17.6 Å². The molecule has 17 heteroatoms. The van der Waals surface area contributed by atoms with Gasteiger partial charge in [0.15, 0.2) is 0 Å². The molecule has 10 nitrogen and oxygen atoms in total. The maximum absolute atomic E-state index is 14.1. The average molecular weight is 673 g/mol. The maximum Gasteiger partial charge on any atom is 0.393 e. The number of carbonyl (C=O) groups is 2. The van der Waals surface area contributed by atoms with E-state index in [9.17, 15) is 40.3 Å². The number of piperidine rings is 1. The number of imidazole rings is 1. The van der Waals surface area contributed by atoms with Gasteiger partial charge in [-0.2, -0.15) is 23.4 Å². The van der Waals surface area contributed by atoms with E-state index in [0.717, 1.165) is 0 Å². The van der Waals surface area contributed by atoms with Gasteiger partial charge in [-0.1, -0.05) is 0 Å². The van der Waals surface area contributed by atoms with Crippen LogP contribution in [-0.4, -0.2) is 65.7 Å². The second kappa shape index (κ2) is 12.3. The van der Waals surface area contributed by atoms with Gasteiger partial charge in [0.25, 0.3) is 11.7 Å². The average Bonchev–Trinajstić information content (AvgIpc) is 3.62. The van der Waals surface area contributed by atoms with Crippen molar-refractivity contribution in [2.24, 2.45) is 24.8 Å². The quantitative estimate of drug-likeness (QED) is 0.329. The molecule has 3 atom stereocenters. The van der Waals surface area contributed by atoms with Gasteiger partial charge < -0.3 is 10.6 Å². The van der Waals surface area contributed by atoms with E-state index >= 15 is 0 Å². The summed E-state index contributed by atoms with van der Waals surface area (Å²) in [6.07, 6.45) is -3.50. The number of carbonyl (C=O) groups excluding carboxylic acids is 2. The van der Waals surface area contributed by atoms with Gasteiger partial charge in [-0.05, 0) is 44.1 Å². The van der Waals surface area contributed by atoms with Crippen LogP contribution in [0.2, 0.25) is 0 Å². The zero-order chi connectivity index (χ0) is 33.7. The van der Waals surface area contributed by atoms with Crippen LogP contribution in [0, 0.1) is 17.8 Å². The molecule has 4 heterocycles. The van der Waals surface area contributed by atoms with Gasteiger partial charge in [0.2, 0.25) is 17.8 Å². The first-order valence-corrected chi connectivity index (χ1v) is 15.7. The summed E-state index contributed by atoms with van der Waals surface area (Å²) < 4.78 is 99.7. The Morgan fingerprint density at radius 3 is 2.34 bits per heavy atom. The summed E-state index contributed by atoms with van der Waals surface area (Å²) >= 11 is 0. The van der Waals surface area contributed by atoms with Crippen molar-refractivity contribution in [1.29, 1.82) is 0 Å². The minimum absolute atomic E-state index is 0.0540. The van der Waals surface area contributed by atoms with Crippen molar-refractivity contribution in [3.05, 3.63) is 41.2 Å². The minimum Gasteiger partial charge on any atom is -0.355 e. The highest BCUT2D eigenvalue weighted by Gasteiger charge is 2.46. The number of hydrogen-bond acceptors (Lipinski definition) is 6. The number of rotatable bonds is 7. The Kier molecular flexibility index (Phi) is 8.70. The number of aromatic nitrogens is 6. The lowest BCUT2D eigenvalue weighted by Crippen LogP contribution is -2.47. The fourth-order valence-corrected chi connectivity index (χ4v) is 7.02. The SMILES string of the molecule is Cn1nccc1C(=O)N[C@H](c1cn2nc(C[C@H]3C[C@@H](C(F)(F)F)CNC3=O)c(C3CCC(F)(F)CC3)nc2n1)C1CCC(F)(F)CC1. The molecule has 3 aliphatic rings. The molecule has 0 unspecified atom stereocenters. The van der Waals surface area contributed by atoms with Gasteiger partial charge in [0.05, 0.1) is 35.2 Å². The number of amides is 2. The molecule has 0 radical (unpaired) electrons. The third-order valence-corrected chi connectivity index (χ3v) is 9.79. The molecule has 2 N–H and O–H groups in total. The molecular formula is C30H35F7N8O2. The highest BCUT2D eigenvalue weighted by Crippen LogP contribution is 2.43. The lowest BCUT2D eigenvalue weighted by Gasteiger charge is -2.33. The Labute approximate surface area is 264 Å². The van der Waals surface area contributed by atoms with Crippen LogP contribution in [0.15, 0.2) is 18.5 Å². The Bertz CT molecular complexity index is 1620. The Hall–Kier alpha value is -3.79. The standard InChI is InChI=1S/C30H35F7N8O2/c1-44-22(6-11-39-44)26(47)41-24(17-4-9-29(33,34)10-5-17)21-15-45-27(40-21)42-23(16-2-7-28(31,32)8-3-16)20(43-45)13-18-12-19(30(35,36)37)14-38-25(18)46/h6,11,15-19,24H,2-5,7-10,12-14H2,1H3,(H,38,46)(H,41,47)/t18-,19-,24+/m1/s1. The van der Waals surface area contributed by atoms with E-state index < -0.39 is 85.4 Å². The van der Waals surface area contributed by atoms with Crippen LogP contribution in [0.5, 0.6) is 0 Å². The lowest BCUT2D eigenvalue weighted by atomic mass is 9.81. The largest absolute Gasteiger partial charge is 0.393 e. The first-order chi connectivity index (χ1) is 22.1. The number of halogens is 7. The molecule has 47 heavy (non-hydrogen) atoms. The molecule has 256 valence electrons. The lowest BCUT2D eigenvalue weighted by molar-refractivity contribution is -0.183. The highest BCUT2D eigenvalue weighted by molar-refractivity contribution is 5.92. The van der Waals surface area contributed by atoms with Crippen LogP contribution in [0.1, 0.15) is 97.3 Å². The summed E-state index contributed by atoms with van der Waals surface area (Å²) in [5.74, 6) is -10.4. The van der Waals surface area contributed by atoms with Crippen LogP contribution in [0.3, 0.4) is 0 Å². The molecule has 2 saturated carbocycles. The summed E-state index contributed by atoms with van der Waals surface area (Å²) in [5.41, 5.74) is 1.01. The summed E-state index contributed by atoms with van der Waals surface area (Å²) in [7, 11) is 1.58. The monoisotopic (exact) mass is 672 g/mol. The summed E-state index contributed by atoms with van der Waals surface area (Å²) in [6, 6.07) is 0.680. The minimum atomic E-state index is -4.52. The first-order valence-electron chi connectivity index (χ1n) is 15.7. The zero-order valence-electron chi connectivity index (χ0n) is 25.5. The zero-order valence-corrected chi connectivity index (χ0v) is 25.5.